The van der Waals surface area contributed by atoms with E-state index in [9.17, 15) is 4.79 Å². The molecule has 0 bridgehead atoms. The molecule has 1 aliphatic carbocycles. The second-order valence-corrected chi connectivity index (χ2v) is 5.45. The molecule has 0 aromatic rings. The zero-order valence-corrected chi connectivity index (χ0v) is 10.9. The molecule has 2 rings (SSSR count). The minimum atomic E-state index is -0.0508. The van der Waals surface area contributed by atoms with E-state index < -0.39 is 0 Å². The third-order valence-electron chi connectivity index (χ3n) is 4.19. The number of ether oxygens (including phenoxy) is 1. The van der Waals surface area contributed by atoms with E-state index in [2.05, 4.69) is 19.1 Å². The summed E-state index contributed by atoms with van der Waals surface area (Å²) in [6.07, 6.45) is 15.0. The van der Waals surface area contributed by atoms with Crippen LogP contribution in [0.15, 0.2) is 12.2 Å². The Balaban J connectivity index is 1.72. The molecule has 2 heteroatoms. The van der Waals surface area contributed by atoms with Crippen LogP contribution in [0.5, 0.6) is 0 Å². The molecule has 1 saturated heterocycles. The van der Waals surface area contributed by atoms with Crippen LogP contribution < -0.4 is 0 Å². The largest absolute Gasteiger partial charge is 0.458 e. The molecule has 0 aromatic heterocycles. The molecule has 1 saturated carbocycles. The molecular formula is C15H24O2. The minimum Gasteiger partial charge on any atom is -0.458 e. The summed E-state index contributed by atoms with van der Waals surface area (Å²) in [4.78, 5) is 11.5. The highest BCUT2D eigenvalue weighted by atomic mass is 16.6. The van der Waals surface area contributed by atoms with Gasteiger partial charge < -0.3 is 4.74 Å². The average molecular weight is 236 g/mol. The fourth-order valence-corrected chi connectivity index (χ4v) is 3.10. The Labute approximate surface area is 104 Å². The van der Waals surface area contributed by atoms with E-state index in [4.69, 9.17) is 4.74 Å². The van der Waals surface area contributed by atoms with E-state index in [-0.39, 0.29) is 17.5 Å². The second kappa shape index (κ2) is 5.70. The molecular weight excluding hydrogens is 212 g/mol. The first-order valence-electron chi connectivity index (χ1n) is 7.16. The molecule has 17 heavy (non-hydrogen) atoms. The zero-order chi connectivity index (χ0) is 12.1. The van der Waals surface area contributed by atoms with Crippen LogP contribution in [0.3, 0.4) is 0 Å². The van der Waals surface area contributed by atoms with E-state index in [0.717, 1.165) is 25.7 Å². The lowest BCUT2D eigenvalue weighted by molar-refractivity contribution is -0.211. The van der Waals surface area contributed by atoms with Crippen molar-refractivity contribution in [2.75, 3.05) is 0 Å². The van der Waals surface area contributed by atoms with Crippen molar-refractivity contribution >= 4 is 5.97 Å². The molecule has 2 nitrogen and oxygen atoms in total. The highest BCUT2D eigenvalue weighted by Crippen LogP contribution is 2.48. The summed E-state index contributed by atoms with van der Waals surface area (Å²) in [6, 6.07) is 0. The van der Waals surface area contributed by atoms with Gasteiger partial charge in [0.15, 0.2) is 0 Å². The van der Waals surface area contributed by atoms with E-state index in [1.165, 1.54) is 32.1 Å². The van der Waals surface area contributed by atoms with Crippen molar-refractivity contribution in [1.29, 1.82) is 0 Å². The summed E-state index contributed by atoms with van der Waals surface area (Å²) in [5.74, 6) is 0.192. The monoisotopic (exact) mass is 236 g/mol. The molecule has 96 valence electrons. The topological polar surface area (TPSA) is 26.3 Å². The molecule has 1 heterocycles. The van der Waals surface area contributed by atoms with Crippen LogP contribution >= 0.6 is 0 Å². The molecule has 1 unspecified atom stereocenters. The number of carbonyl (C=O) groups is 1. The smallest absolute Gasteiger partial charge is 0.313 e. The fourth-order valence-electron chi connectivity index (χ4n) is 3.10. The van der Waals surface area contributed by atoms with Crippen LogP contribution in [0.1, 0.15) is 64.7 Å². The number of esters is 1. The number of hydrogen-bond donors (Lipinski definition) is 0. The first kappa shape index (κ1) is 12.7. The Morgan fingerprint density at radius 2 is 2.06 bits per heavy atom. The molecule has 1 aliphatic heterocycles. The van der Waals surface area contributed by atoms with Gasteiger partial charge in [-0.1, -0.05) is 31.9 Å². The van der Waals surface area contributed by atoms with Crippen molar-refractivity contribution in [3.63, 3.8) is 0 Å². The number of allylic oxidation sites excluding steroid dienone is 2. The standard InChI is InChI=1S/C15H24O2/c1-2-3-4-5-6-7-10-13-14(16)17-15(13)11-8-9-12-15/h6-7,13H,2-5,8-12H2,1H3/b7-6+. The molecule has 0 amide bonds. The summed E-state index contributed by atoms with van der Waals surface area (Å²) in [7, 11) is 0. The predicted molar refractivity (Wildman–Crippen MR) is 68.7 cm³/mol. The maximum atomic E-state index is 11.5. The van der Waals surface area contributed by atoms with Gasteiger partial charge in [0.05, 0.1) is 0 Å². The van der Waals surface area contributed by atoms with Crippen LogP contribution in [0, 0.1) is 5.92 Å². The second-order valence-electron chi connectivity index (χ2n) is 5.45. The Hall–Kier alpha value is -0.790. The van der Waals surface area contributed by atoms with Gasteiger partial charge in [-0.05, 0) is 44.9 Å². The summed E-state index contributed by atoms with van der Waals surface area (Å²) in [5, 5.41) is 0. The van der Waals surface area contributed by atoms with Gasteiger partial charge in [0.25, 0.3) is 0 Å². The highest BCUT2D eigenvalue weighted by molar-refractivity contribution is 5.80. The molecule has 0 radical (unpaired) electrons. The van der Waals surface area contributed by atoms with Crippen LogP contribution in [0.2, 0.25) is 0 Å². The minimum absolute atomic E-state index is 0.0325. The highest BCUT2D eigenvalue weighted by Gasteiger charge is 2.56. The molecule has 0 N–H and O–H groups in total. The molecule has 0 aromatic carbocycles. The summed E-state index contributed by atoms with van der Waals surface area (Å²) >= 11 is 0. The van der Waals surface area contributed by atoms with Gasteiger partial charge in [-0.3, -0.25) is 4.79 Å². The van der Waals surface area contributed by atoms with Gasteiger partial charge in [0.1, 0.15) is 11.5 Å². The first-order chi connectivity index (χ1) is 8.28. The predicted octanol–water partition coefficient (Wildman–Crippen LogP) is 4.00. The Bertz CT molecular complexity index is 287. The van der Waals surface area contributed by atoms with Gasteiger partial charge in [-0.25, -0.2) is 0 Å². The SMILES string of the molecule is CCCCC/C=C/CC1C(=O)OC12CCCC2. The molecule has 2 aliphatic rings. The van der Waals surface area contributed by atoms with Crippen molar-refractivity contribution in [2.45, 2.75) is 70.3 Å². The van der Waals surface area contributed by atoms with Gasteiger partial charge in [0.2, 0.25) is 0 Å². The Morgan fingerprint density at radius 1 is 1.29 bits per heavy atom. The van der Waals surface area contributed by atoms with Crippen molar-refractivity contribution in [3.05, 3.63) is 12.2 Å². The van der Waals surface area contributed by atoms with E-state index in [1.807, 2.05) is 0 Å². The maximum Gasteiger partial charge on any atom is 0.313 e. The van der Waals surface area contributed by atoms with Crippen LogP contribution in [0.4, 0.5) is 0 Å². The Morgan fingerprint density at radius 3 is 2.71 bits per heavy atom. The third-order valence-corrected chi connectivity index (χ3v) is 4.19. The summed E-state index contributed by atoms with van der Waals surface area (Å²) in [5.41, 5.74) is -0.0508. The normalized spacial score (nSPS) is 26.4. The number of carbonyl (C=O) groups excluding carboxylic acids is 1. The van der Waals surface area contributed by atoms with Crippen LogP contribution in [-0.4, -0.2) is 11.6 Å². The van der Waals surface area contributed by atoms with Crippen LogP contribution in [-0.2, 0) is 9.53 Å². The van der Waals surface area contributed by atoms with Crippen LogP contribution in [0.25, 0.3) is 0 Å². The molecule has 1 spiro atoms. The fraction of sp³-hybridized carbons (Fsp3) is 0.800. The van der Waals surface area contributed by atoms with Crippen molar-refractivity contribution < 1.29 is 9.53 Å². The third kappa shape index (κ3) is 2.72. The maximum absolute atomic E-state index is 11.5. The van der Waals surface area contributed by atoms with Gasteiger partial charge in [0, 0.05) is 0 Å². The Kier molecular flexibility index (Phi) is 4.25. The zero-order valence-electron chi connectivity index (χ0n) is 10.9. The number of hydrogen-bond acceptors (Lipinski definition) is 2. The van der Waals surface area contributed by atoms with Crippen molar-refractivity contribution in [1.82, 2.24) is 0 Å². The summed E-state index contributed by atoms with van der Waals surface area (Å²) < 4.78 is 5.42. The lowest BCUT2D eigenvalue weighted by Crippen LogP contribution is -2.55. The molecule has 1 atom stereocenters. The van der Waals surface area contributed by atoms with E-state index in [0.29, 0.717) is 0 Å². The summed E-state index contributed by atoms with van der Waals surface area (Å²) in [6.45, 7) is 2.22. The lowest BCUT2D eigenvalue weighted by atomic mass is 9.78. The van der Waals surface area contributed by atoms with E-state index in [1.54, 1.807) is 0 Å². The quantitative estimate of drug-likeness (QED) is 0.396. The van der Waals surface area contributed by atoms with Gasteiger partial charge >= 0.3 is 5.97 Å². The number of rotatable bonds is 6. The van der Waals surface area contributed by atoms with Gasteiger partial charge in [-0.2, -0.15) is 0 Å². The number of unbranched alkanes of at least 4 members (excludes halogenated alkanes) is 3. The average Bonchev–Trinajstić information content (AvgIpc) is 2.79. The lowest BCUT2D eigenvalue weighted by Gasteiger charge is -2.45. The van der Waals surface area contributed by atoms with Crippen molar-refractivity contribution in [2.24, 2.45) is 5.92 Å². The molecule has 2 fully saturated rings. The van der Waals surface area contributed by atoms with E-state index >= 15 is 0 Å². The van der Waals surface area contributed by atoms with Crippen molar-refractivity contribution in [3.8, 4) is 0 Å². The first-order valence-corrected chi connectivity index (χ1v) is 7.16. The van der Waals surface area contributed by atoms with Gasteiger partial charge in [-0.15, -0.1) is 0 Å².